The number of aromatic nitrogens is 1. The Morgan fingerprint density at radius 3 is 2.64 bits per heavy atom. The predicted molar refractivity (Wildman–Crippen MR) is 120 cm³/mol. The lowest BCUT2D eigenvalue weighted by atomic mass is 10.1. The molecule has 0 saturated heterocycles. The summed E-state index contributed by atoms with van der Waals surface area (Å²) in [6.07, 6.45) is 1.91. The highest BCUT2D eigenvalue weighted by molar-refractivity contribution is 7.89. The number of benzene rings is 2. The molecule has 1 heterocycles. The molecular formula is C22H20ClN3O6S. The average molecular weight is 490 g/mol. The van der Waals surface area contributed by atoms with Gasteiger partial charge in [0.1, 0.15) is 4.90 Å². The molecule has 9 nitrogen and oxygen atoms in total. The summed E-state index contributed by atoms with van der Waals surface area (Å²) in [6.45, 7) is -0.129. The second-order valence-corrected chi connectivity index (χ2v) is 9.21. The van der Waals surface area contributed by atoms with E-state index in [-0.39, 0.29) is 21.9 Å². The molecule has 0 saturated carbocycles. The van der Waals surface area contributed by atoms with Crippen LogP contribution in [0.2, 0.25) is 5.02 Å². The van der Waals surface area contributed by atoms with Crippen LogP contribution in [0.15, 0.2) is 53.6 Å². The minimum Gasteiger partial charge on any atom is -0.454 e. The molecule has 0 aliphatic carbocycles. The molecule has 0 N–H and O–H groups in total. The van der Waals surface area contributed by atoms with Crippen LogP contribution in [0.25, 0.3) is 10.9 Å². The molecule has 0 atom stereocenters. The molecule has 11 heteroatoms. The van der Waals surface area contributed by atoms with Gasteiger partial charge in [0.05, 0.1) is 30.2 Å². The van der Waals surface area contributed by atoms with E-state index < -0.39 is 28.4 Å². The first-order valence-corrected chi connectivity index (χ1v) is 11.5. The number of nitriles is 1. The zero-order valence-electron chi connectivity index (χ0n) is 17.8. The Labute approximate surface area is 195 Å². The second-order valence-electron chi connectivity index (χ2n) is 6.90. The monoisotopic (exact) mass is 489 g/mol. The van der Waals surface area contributed by atoms with E-state index in [0.29, 0.717) is 22.0 Å². The third kappa shape index (κ3) is 5.07. The van der Waals surface area contributed by atoms with E-state index in [1.165, 1.54) is 26.3 Å². The molecule has 0 aliphatic rings. The van der Waals surface area contributed by atoms with E-state index in [2.05, 4.69) is 6.07 Å². The standard InChI is InChI=1S/C22H20ClN3O6S/c1-25(31-2)33(29,30)21-12-15(8-9-18(21)23)22(28)32-14-20(27)17-13-26(11-5-10-24)19-7-4-3-6-16(17)19/h3-4,6-9,12-13H,5,11,14H2,1-2H3. The Morgan fingerprint density at radius 1 is 1.21 bits per heavy atom. The summed E-state index contributed by atoms with van der Waals surface area (Å²) in [5, 5.41) is 9.44. The third-order valence-electron chi connectivity index (χ3n) is 4.93. The fraction of sp³-hybridized carbons (Fsp3) is 0.227. The van der Waals surface area contributed by atoms with Gasteiger partial charge in [-0.15, -0.1) is 0 Å². The maximum absolute atomic E-state index is 12.8. The number of sulfonamides is 1. The number of ketones is 1. The molecule has 0 aliphatic heterocycles. The van der Waals surface area contributed by atoms with Gasteiger partial charge in [-0.3, -0.25) is 9.63 Å². The molecule has 1 aromatic heterocycles. The Kier molecular flexibility index (Phi) is 7.50. The van der Waals surface area contributed by atoms with Crippen LogP contribution in [0.5, 0.6) is 0 Å². The number of nitrogens with zero attached hydrogens (tertiary/aromatic N) is 3. The van der Waals surface area contributed by atoms with Gasteiger partial charge in [0.25, 0.3) is 10.0 Å². The van der Waals surface area contributed by atoms with E-state index >= 15 is 0 Å². The van der Waals surface area contributed by atoms with Gasteiger partial charge < -0.3 is 9.30 Å². The van der Waals surface area contributed by atoms with Crippen LogP contribution in [0.1, 0.15) is 27.1 Å². The van der Waals surface area contributed by atoms with Crippen molar-refractivity contribution in [2.75, 3.05) is 20.8 Å². The number of fused-ring (bicyclic) bond motifs is 1. The van der Waals surface area contributed by atoms with Crippen molar-refractivity contribution in [1.82, 2.24) is 9.04 Å². The molecule has 33 heavy (non-hydrogen) atoms. The third-order valence-corrected chi connectivity index (χ3v) is 7.09. The maximum atomic E-state index is 12.8. The molecule has 0 spiro atoms. The van der Waals surface area contributed by atoms with Gasteiger partial charge in [-0.1, -0.05) is 34.3 Å². The first-order chi connectivity index (χ1) is 15.7. The van der Waals surface area contributed by atoms with Crippen molar-refractivity contribution in [1.29, 1.82) is 5.26 Å². The predicted octanol–water partition coefficient (Wildman–Crippen LogP) is 3.43. The van der Waals surface area contributed by atoms with Crippen LogP contribution in [0.4, 0.5) is 0 Å². The fourth-order valence-electron chi connectivity index (χ4n) is 3.18. The molecule has 0 fully saturated rings. The quantitative estimate of drug-likeness (QED) is 0.256. The Morgan fingerprint density at radius 2 is 1.94 bits per heavy atom. The van der Waals surface area contributed by atoms with Crippen LogP contribution >= 0.6 is 11.6 Å². The van der Waals surface area contributed by atoms with Gasteiger partial charge in [0.15, 0.2) is 6.61 Å². The van der Waals surface area contributed by atoms with Gasteiger partial charge >= 0.3 is 5.97 Å². The van der Waals surface area contributed by atoms with Gasteiger partial charge in [0.2, 0.25) is 5.78 Å². The molecule has 0 radical (unpaired) electrons. The summed E-state index contributed by atoms with van der Waals surface area (Å²) < 4.78 is 32.6. The summed E-state index contributed by atoms with van der Waals surface area (Å²) in [7, 11) is -1.74. The highest BCUT2D eigenvalue weighted by atomic mass is 35.5. The van der Waals surface area contributed by atoms with E-state index in [4.69, 9.17) is 26.4 Å². The van der Waals surface area contributed by atoms with Crippen molar-refractivity contribution in [2.24, 2.45) is 0 Å². The lowest BCUT2D eigenvalue weighted by molar-refractivity contribution is -0.0258. The van der Waals surface area contributed by atoms with Gasteiger partial charge in [-0.25, -0.2) is 13.2 Å². The number of Topliss-reactive ketones (excluding diaryl/α,β-unsaturated/α-hetero) is 1. The lowest BCUT2D eigenvalue weighted by Crippen LogP contribution is -2.26. The normalized spacial score (nSPS) is 11.5. The van der Waals surface area contributed by atoms with Crippen LogP contribution in [-0.4, -0.2) is 50.0 Å². The molecule has 0 amide bonds. The summed E-state index contributed by atoms with van der Waals surface area (Å²) in [5.41, 5.74) is 1.06. The molecule has 172 valence electrons. The number of aryl methyl sites for hydroxylation is 1. The highest BCUT2D eigenvalue weighted by Crippen LogP contribution is 2.26. The largest absolute Gasteiger partial charge is 0.454 e. The number of rotatable bonds is 9. The van der Waals surface area contributed by atoms with Crippen molar-refractivity contribution < 1.29 is 27.6 Å². The number of carbonyl (C=O) groups is 2. The number of hydrogen-bond acceptors (Lipinski definition) is 7. The van der Waals surface area contributed by atoms with E-state index in [1.807, 2.05) is 12.1 Å². The Balaban J connectivity index is 1.80. The highest BCUT2D eigenvalue weighted by Gasteiger charge is 2.26. The van der Waals surface area contributed by atoms with Crippen LogP contribution in [0.3, 0.4) is 0 Å². The average Bonchev–Trinajstić information content (AvgIpc) is 3.19. The molecule has 2 aromatic carbocycles. The zero-order valence-corrected chi connectivity index (χ0v) is 19.4. The van der Waals surface area contributed by atoms with Crippen molar-refractivity contribution in [2.45, 2.75) is 17.9 Å². The van der Waals surface area contributed by atoms with Crippen LogP contribution in [-0.2, 0) is 26.1 Å². The summed E-state index contributed by atoms with van der Waals surface area (Å²) in [6, 6.07) is 12.9. The van der Waals surface area contributed by atoms with Crippen LogP contribution < -0.4 is 0 Å². The summed E-state index contributed by atoms with van der Waals surface area (Å²) >= 11 is 6.00. The number of carbonyl (C=O) groups excluding carboxylic acids is 2. The van der Waals surface area contributed by atoms with Gasteiger partial charge in [-0.05, 0) is 24.3 Å². The summed E-state index contributed by atoms with van der Waals surface area (Å²) in [4.78, 5) is 29.7. The molecule has 0 unspecified atom stereocenters. The minimum absolute atomic E-state index is 0.0910. The number of hydroxylamine groups is 1. The van der Waals surface area contributed by atoms with Crippen molar-refractivity contribution in [3.05, 3.63) is 64.8 Å². The van der Waals surface area contributed by atoms with Crippen molar-refractivity contribution >= 4 is 44.3 Å². The Hall–Kier alpha value is -3.23. The molecule has 3 rings (SSSR count). The minimum atomic E-state index is -4.10. The Bertz CT molecular complexity index is 1360. The van der Waals surface area contributed by atoms with Gasteiger partial charge in [0, 0.05) is 36.3 Å². The van der Waals surface area contributed by atoms with E-state index in [0.717, 1.165) is 11.6 Å². The number of hydrogen-bond donors (Lipinski definition) is 0. The summed E-state index contributed by atoms with van der Waals surface area (Å²) in [5.74, 6) is -1.32. The van der Waals surface area contributed by atoms with Crippen LogP contribution in [0, 0.1) is 11.3 Å². The topological polar surface area (TPSA) is 119 Å². The molecule has 3 aromatic rings. The van der Waals surface area contributed by atoms with Crippen molar-refractivity contribution in [3.8, 4) is 6.07 Å². The first kappa shape index (κ1) is 24.4. The fourth-order valence-corrected chi connectivity index (χ4v) is 4.65. The van der Waals surface area contributed by atoms with Crippen molar-refractivity contribution in [3.63, 3.8) is 0 Å². The second kappa shape index (κ2) is 10.1. The maximum Gasteiger partial charge on any atom is 0.338 e. The van der Waals surface area contributed by atoms with E-state index in [9.17, 15) is 18.0 Å². The molecule has 0 bridgehead atoms. The first-order valence-electron chi connectivity index (χ1n) is 9.68. The number of halogens is 1. The zero-order chi connectivity index (χ0) is 24.2. The number of para-hydroxylation sites is 1. The lowest BCUT2D eigenvalue weighted by Gasteiger charge is -2.15. The van der Waals surface area contributed by atoms with E-state index in [1.54, 1.807) is 22.9 Å². The SMILES string of the molecule is CON(C)S(=O)(=O)c1cc(C(=O)OCC(=O)c2cn(CCC#N)c3ccccc23)ccc1Cl. The number of ether oxygens (including phenoxy) is 1. The smallest absolute Gasteiger partial charge is 0.338 e. The molecular weight excluding hydrogens is 470 g/mol. The van der Waals surface area contributed by atoms with Gasteiger partial charge in [-0.2, -0.15) is 5.26 Å². The number of esters is 1.